The molecule has 0 radical (unpaired) electrons. The third-order valence-electron chi connectivity index (χ3n) is 5.75. The molecule has 0 aliphatic carbocycles. The topological polar surface area (TPSA) is 93.1 Å². The molecule has 0 aromatic heterocycles. The Hall–Kier alpha value is -1.92. The molecule has 1 rings (SSSR count). The number of hydrogen-bond donors (Lipinski definition) is 2. The van der Waals surface area contributed by atoms with Crippen molar-refractivity contribution in [3.05, 3.63) is 35.5 Å². The van der Waals surface area contributed by atoms with Gasteiger partial charge in [0, 0.05) is 31.6 Å². The number of rotatable bonds is 12. The Bertz CT molecular complexity index is 663. The normalized spacial score (nSPS) is 23.4. The predicted molar refractivity (Wildman–Crippen MR) is 121 cm³/mol. The van der Waals surface area contributed by atoms with Gasteiger partial charge in [0.25, 0.3) is 0 Å². The Kier molecular flexibility index (Phi) is 12.4. The monoisotopic (exact) mass is 436 g/mol. The molecule has 1 fully saturated rings. The molecule has 0 aromatic rings. The van der Waals surface area contributed by atoms with E-state index in [1.165, 1.54) is 11.6 Å². The second kappa shape index (κ2) is 14.2. The van der Waals surface area contributed by atoms with Crippen LogP contribution in [0.5, 0.6) is 0 Å². The fraction of sp³-hybridized carbons (Fsp3) is 0.680. The molecule has 2 N–H and O–H groups in total. The summed E-state index contributed by atoms with van der Waals surface area (Å²) in [6.07, 6.45) is 9.08. The van der Waals surface area contributed by atoms with E-state index in [1.54, 1.807) is 6.08 Å². The molecular formula is C25H40O6. The molecule has 0 bridgehead atoms. The standard InChI is InChI=1S/C25H40O6/c1-6-17(2)13-19(4)14-20(5)25-22(8-10-24(29)31-25)30-23(28)9-7-18(3)15-21(16-27)11-12-26/h6-7,9,15,19-22,25-27H,8,10-14,16H2,1-5H3/b9-7+,17-6+,18-15?/t19-,20+,21+,22+,25-/m0/s1. The molecular weight excluding hydrogens is 396 g/mol. The summed E-state index contributed by atoms with van der Waals surface area (Å²) in [5.41, 5.74) is 2.14. The molecule has 1 aliphatic rings. The van der Waals surface area contributed by atoms with Gasteiger partial charge >= 0.3 is 11.9 Å². The Morgan fingerprint density at radius 2 is 1.97 bits per heavy atom. The van der Waals surface area contributed by atoms with Crippen molar-refractivity contribution >= 4 is 11.9 Å². The van der Waals surface area contributed by atoms with Crippen LogP contribution < -0.4 is 0 Å². The summed E-state index contributed by atoms with van der Waals surface area (Å²) in [6, 6.07) is 0. The molecule has 176 valence electrons. The zero-order valence-electron chi connectivity index (χ0n) is 19.7. The third-order valence-corrected chi connectivity index (χ3v) is 5.75. The number of carbonyl (C=O) groups is 2. The maximum Gasteiger partial charge on any atom is 0.331 e. The van der Waals surface area contributed by atoms with E-state index < -0.39 is 18.2 Å². The van der Waals surface area contributed by atoms with Crippen LogP contribution in [0.15, 0.2) is 35.5 Å². The van der Waals surface area contributed by atoms with E-state index in [0.717, 1.165) is 18.4 Å². The number of hydrogen-bond acceptors (Lipinski definition) is 6. The van der Waals surface area contributed by atoms with Crippen LogP contribution in [-0.2, 0) is 19.1 Å². The highest BCUT2D eigenvalue weighted by atomic mass is 16.6. The first-order valence-corrected chi connectivity index (χ1v) is 11.3. The van der Waals surface area contributed by atoms with Crippen LogP contribution >= 0.6 is 0 Å². The van der Waals surface area contributed by atoms with E-state index >= 15 is 0 Å². The van der Waals surface area contributed by atoms with Gasteiger partial charge < -0.3 is 19.7 Å². The van der Waals surface area contributed by atoms with E-state index in [1.807, 2.05) is 26.8 Å². The van der Waals surface area contributed by atoms with Gasteiger partial charge in [-0.05, 0) is 58.3 Å². The Morgan fingerprint density at radius 3 is 2.58 bits per heavy atom. The fourth-order valence-electron chi connectivity index (χ4n) is 4.05. The van der Waals surface area contributed by atoms with Gasteiger partial charge in [0.2, 0.25) is 0 Å². The molecule has 31 heavy (non-hydrogen) atoms. The number of cyclic esters (lactones) is 1. The van der Waals surface area contributed by atoms with Crippen LogP contribution in [0, 0.1) is 17.8 Å². The lowest BCUT2D eigenvalue weighted by Gasteiger charge is -2.35. The van der Waals surface area contributed by atoms with E-state index in [2.05, 4.69) is 19.9 Å². The highest BCUT2D eigenvalue weighted by Crippen LogP contribution is 2.30. The highest BCUT2D eigenvalue weighted by Gasteiger charge is 2.37. The average Bonchev–Trinajstić information content (AvgIpc) is 2.72. The van der Waals surface area contributed by atoms with Crippen LogP contribution in [0.4, 0.5) is 0 Å². The zero-order valence-corrected chi connectivity index (χ0v) is 19.7. The minimum absolute atomic E-state index is 0.00630. The van der Waals surface area contributed by atoms with E-state index in [9.17, 15) is 14.7 Å². The van der Waals surface area contributed by atoms with Crippen molar-refractivity contribution in [3.63, 3.8) is 0 Å². The Morgan fingerprint density at radius 1 is 1.26 bits per heavy atom. The molecule has 6 heteroatoms. The maximum absolute atomic E-state index is 12.4. The quantitative estimate of drug-likeness (QED) is 0.207. The zero-order chi connectivity index (χ0) is 23.4. The SMILES string of the molecule is C/C=C(\C)C[C@H](C)C[C@@H](C)[C@@H]1OC(=O)CC[C@H]1OC(=O)/C=C/C(C)=C[C@H](CO)CCO. The molecule has 0 amide bonds. The molecule has 1 saturated heterocycles. The van der Waals surface area contributed by atoms with Crippen LogP contribution in [0.2, 0.25) is 0 Å². The first-order valence-electron chi connectivity index (χ1n) is 11.3. The van der Waals surface area contributed by atoms with Crippen molar-refractivity contribution in [2.75, 3.05) is 13.2 Å². The first-order chi connectivity index (χ1) is 14.7. The van der Waals surface area contributed by atoms with Gasteiger partial charge in [-0.3, -0.25) is 4.79 Å². The van der Waals surface area contributed by atoms with Gasteiger partial charge in [0.05, 0.1) is 0 Å². The number of aliphatic hydroxyl groups is 2. The van der Waals surface area contributed by atoms with Crippen molar-refractivity contribution < 1.29 is 29.3 Å². The second-order valence-corrected chi connectivity index (χ2v) is 8.82. The van der Waals surface area contributed by atoms with Gasteiger partial charge in [-0.1, -0.05) is 43.2 Å². The first kappa shape index (κ1) is 27.1. The van der Waals surface area contributed by atoms with E-state index in [-0.39, 0.29) is 37.4 Å². The van der Waals surface area contributed by atoms with Crippen LogP contribution in [0.1, 0.15) is 66.7 Å². The molecule has 0 spiro atoms. The fourth-order valence-corrected chi connectivity index (χ4v) is 4.05. The van der Waals surface area contributed by atoms with Gasteiger partial charge in [0.15, 0.2) is 0 Å². The van der Waals surface area contributed by atoms with Gasteiger partial charge in [-0.15, -0.1) is 0 Å². The van der Waals surface area contributed by atoms with Crippen LogP contribution in [-0.4, -0.2) is 47.6 Å². The average molecular weight is 437 g/mol. The van der Waals surface area contributed by atoms with Crippen molar-refractivity contribution in [3.8, 4) is 0 Å². The maximum atomic E-state index is 12.4. The van der Waals surface area contributed by atoms with E-state index in [0.29, 0.717) is 18.8 Å². The largest absolute Gasteiger partial charge is 0.458 e. The summed E-state index contributed by atoms with van der Waals surface area (Å²) >= 11 is 0. The number of ether oxygens (including phenoxy) is 2. The third kappa shape index (κ3) is 10.3. The Labute approximate surface area is 187 Å². The van der Waals surface area contributed by atoms with Gasteiger partial charge in [0.1, 0.15) is 12.2 Å². The molecule has 0 aromatic carbocycles. The van der Waals surface area contributed by atoms with Crippen molar-refractivity contribution in [1.82, 2.24) is 0 Å². The summed E-state index contributed by atoms with van der Waals surface area (Å²) in [6.45, 7) is 10.1. The van der Waals surface area contributed by atoms with Crippen molar-refractivity contribution in [2.45, 2.75) is 78.9 Å². The van der Waals surface area contributed by atoms with Gasteiger partial charge in [-0.2, -0.15) is 0 Å². The minimum Gasteiger partial charge on any atom is -0.458 e. The predicted octanol–water partition coefficient (Wildman–Crippen LogP) is 4.12. The molecule has 1 aliphatic heterocycles. The molecule has 6 nitrogen and oxygen atoms in total. The van der Waals surface area contributed by atoms with Crippen molar-refractivity contribution in [2.24, 2.45) is 17.8 Å². The van der Waals surface area contributed by atoms with Gasteiger partial charge in [-0.25, -0.2) is 4.79 Å². The summed E-state index contributed by atoms with van der Waals surface area (Å²) in [7, 11) is 0. The smallest absolute Gasteiger partial charge is 0.331 e. The van der Waals surface area contributed by atoms with Crippen LogP contribution in [0.25, 0.3) is 0 Å². The lowest BCUT2D eigenvalue weighted by Crippen LogP contribution is -2.43. The number of aliphatic hydroxyl groups excluding tert-OH is 2. The van der Waals surface area contributed by atoms with E-state index in [4.69, 9.17) is 14.6 Å². The summed E-state index contributed by atoms with van der Waals surface area (Å²) < 4.78 is 11.3. The number of esters is 2. The lowest BCUT2D eigenvalue weighted by atomic mass is 9.85. The molecule has 5 atom stereocenters. The summed E-state index contributed by atoms with van der Waals surface area (Å²) in [4.78, 5) is 24.3. The number of allylic oxidation sites excluding steroid dienone is 4. The van der Waals surface area contributed by atoms with Crippen molar-refractivity contribution in [1.29, 1.82) is 0 Å². The number of carbonyl (C=O) groups excluding carboxylic acids is 2. The highest BCUT2D eigenvalue weighted by molar-refractivity contribution is 5.82. The summed E-state index contributed by atoms with van der Waals surface area (Å²) in [5, 5.41) is 18.3. The molecule has 1 heterocycles. The molecule has 0 unspecified atom stereocenters. The minimum atomic E-state index is -0.478. The second-order valence-electron chi connectivity index (χ2n) is 8.82. The lowest BCUT2D eigenvalue weighted by molar-refractivity contribution is -0.180. The Balaban J connectivity index is 2.73. The van der Waals surface area contributed by atoms with Crippen LogP contribution in [0.3, 0.4) is 0 Å². The summed E-state index contributed by atoms with van der Waals surface area (Å²) in [5.74, 6) is -0.352. The molecule has 0 saturated carbocycles.